The standard InChI is InChI=1S/C21H19N3O2/c22-13-18-20(15-6-2-1-3-7-15)17-9-8-16(25)12-19(17)26-21(18)23-14-24-10-4-5-11-24/h1-3,6-9,12,14,20,25H,4-5,10-11H2/t20-/m0/s1. The van der Waals surface area contributed by atoms with Crippen LogP contribution in [0.1, 0.15) is 29.9 Å². The van der Waals surface area contributed by atoms with Crippen molar-refractivity contribution in [2.75, 3.05) is 13.1 Å². The Balaban J connectivity index is 1.81. The van der Waals surface area contributed by atoms with Crippen LogP contribution in [-0.4, -0.2) is 29.4 Å². The predicted molar refractivity (Wildman–Crippen MR) is 99.0 cm³/mol. The highest BCUT2D eigenvalue weighted by atomic mass is 16.5. The predicted octanol–water partition coefficient (Wildman–Crippen LogP) is 3.78. The van der Waals surface area contributed by atoms with E-state index in [1.165, 1.54) is 0 Å². The van der Waals surface area contributed by atoms with Crippen LogP contribution in [0.25, 0.3) is 0 Å². The minimum absolute atomic E-state index is 0.124. The maximum Gasteiger partial charge on any atom is 0.235 e. The lowest BCUT2D eigenvalue weighted by atomic mass is 9.83. The average Bonchev–Trinajstić information content (AvgIpc) is 3.19. The van der Waals surface area contributed by atoms with E-state index in [1.54, 1.807) is 24.5 Å². The van der Waals surface area contributed by atoms with Crippen molar-refractivity contribution >= 4 is 6.34 Å². The van der Waals surface area contributed by atoms with Crippen molar-refractivity contribution < 1.29 is 9.84 Å². The molecular formula is C21H19N3O2. The van der Waals surface area contributed by atoms with Crippen molar-refractivity contribution in [3.05, 3.63) is 71.1 Å². The molecule has 0 bridgehead atoms. The number of aliphatic imine (C=N–C) groups is 1. The lowest BCUT2D eigenvalue weighted by Crippen LogP contribution is -2.19. The smallest absolute Gasteiger partial charge is 0.235 e. The van der Waals surface area contributed by atoms with Gasteiger partial charge in [0.05, 0.1) is 12.3 Å². The first kappa shape index (κ1) is 16.2. The Bertz CT molecular complexity index is 907. The van der Waals surface area contributed by atoms with Crippen LogP contribution >= 0.6 is 0 Å². The van der Waals surface area contributed by atoms with Crippen LogP contribution in [-0.2, 0) is 0 Å². The summed E-state index contributed by atoms with van der Waals surface area (Å²) in [4.78, 5) is 6.60. The first-order valence-electron chi connectivity index (χ1n) is 8.74. The molecule has 1 fully saturated rings. The molecule has 0 unspecified atom stereocenters. The number of benzene rings is 2. The Kier molecular flexibility index (Phi) is 4.32. The molecule has 1 atom stereocenters. The van der Waals surface area contributed by atoms with Gasteiger partial charge in [0.2, 0.25) is 5.88 Å². The summed E-state index contributed by atoms with van der Waals surface area (Å²) in [5.74, 6) is 0.688. The minimum atomic E-state index is -0.267. The lowest BCUT2D eigenvalue weighted by molar-refractivity contribution is 0.387. The molecule has 26 heavy (non-hydrogen) atoms. The average molecular weight is 345 g/mol. The number of hydrogen-bond acceptors (Lipinski definition) is 4. The second kappa shape index (κ2) is 6.93. The molecule has 2 aliphatic rings. The third-order valence-electron chi connectivity index (χ3n) is 4.77. The topological polar surface area (TPSA) is 68.9 Å². The quantitative estimate of drug-likeness (QED) is 0.679. The van der Waals surface area contributed by atoms with Gasteiger partial charge in [0, 0.05) is 24.7 Å². The van der Waals surface area contributed by atoms with E-state index in [0.717, 1.165) is 37.1 Å². The summed E-state index contributed by atoms with van der Waals surface area (Å²) < 4.78 is 5.90. The molecule has 130 valence electrons. The van der Waals surface area contributed by atoms with Gasteiger partial charge >= 0.3 is 0 Å². The minimum Gasteiger partial charge on any atom is -0.508 e. The van der Waals surface area contributed by atoms with Gasteiger partial charge in [-0.05, 0) is 24.5 Å². The summed E-state index contributed by atoms with van der Waals surface area (Å²) in [7, 11) is 0. The molecule has 2 aromatic rings. The molecule has 0 aromatic heterocycles. The first-order valence-corrected chi connectivity index (χ1v) is 8.74. The van der Waals surface area contributed by atoms with Crippen LogP contribution in [0, 0.1) is 11.3 Å². The fraction of sp³-hybridized carbons (Fsp3) is 0.238. The number of phenols is 1. The third-order valence-corrected chi connectivity index (χ3v) is 4.77. The number of allylic oxidation sites excluding steroid dienone is 1. The van der Waals surface area contributed by atoms with Crippen molar-refractivity contribution in [3.8, 4) is 17.6 Å². The highest BCUT2D eigenvalue weighted by Gasteiger charge is 2.31. The van der Waals surface area contributed by atoms with Gasteiger partial charge in [-0.15, -0.1) is 0 Å². The van der Waals surface area contributed by atoms with Crippen molar-refractivity contribution in [2.24, 2.45) is 4.99 Å². The Morgan fingerprint density at radius 1 is 1.15 bits per heavy atom. The van der Waals surface area contributed by atoms with E-state index >= 15 is 0 Å². The second-order valence-electron chi connectivity index (χ2n) is 6.49. The van der Waals surface area contributed by atoms with E-state index in [4.69, 9.17) is 4.74 Å². The lowest BCUT2D eigenvalue weighted by Gasteiger charge is -2.26. The van der Waals surface area contributed by atoms with Crippen molar-refractivity contribution in [1.29, 1.82) is 5.26 Å². The molecule has 2 heterocycles. The second-order valence-corrected chi connectivity index (χ2v) is 6.49. The number of phenolic OH excluding ortho intramolecular Hbond substituents is 1. The van der Waals surface area contributed by atoms with Gasteiger partial charge in [-0.1, -0.05) is 36.4 Å². The van der Waals surface area contributed by atoms with E-state index in [0.29, 0.717) is 17.2 Å². The zero-order valence-corrected chi connectivity index (χ0v) is 14.3. The van der Waals surface area contributed by atoms with Crippen LogP contribution in [0.2, 0.25) is 0 Å². The molecule has 4 rings (SSSR count). The molecule has 0 saturated carbocycles. The van der Waals surface area contributed by atoms with Crippen LogP contribution in [0.4, 0.5) is 0 Å². The fourth-order valence-corrected chi connectivity index (χ4v) is 3.48. The fourth-order valence-electron chi connectivity index (χ4n) is 3.48. The molecule has 5 nitrogen and oxygen atoms in total. The molecule has 5 heteroatoms. The van der Waals surface area contributed by atoms with Gasteiger partial charge in [0.1, 0.15) is 23.1 Å². The molecule has 0 aliphatic carbocycles. The Morgan fingerprint density at radius 2 is 1.92 bits per heavy atom. The zero-order valence-electron chi connectivity index (χ0n) is 14.3. The summed E-state index contributed by atoms with van der Waals surface area (Å²) in [5, 5.41) is 19.7. The molecule has 0 radical (unpaired) electrons. The monoisotopic (exact) mass is 345 g/mol. The van der Waals surface area contributed by atoms with Crippen molar-refractivity contribution in [3.63, 3.8) is 0 Å². The van der Waals surface area contributed by atoms with Crippen LogP contribution < -0.4 is 4.74 Å². The number of likely N-dealkylation sites (tertiary alicyclic amines) is 1. The highest BCUT2D eigenvalue weighted by molar-refractivity contribution is 5.61. The summed E-state index contributed by atoms with van der Waals surface area (Å²) in [6.07, 6.45) is 4.07. The zero-order chi connectivity index (χ0) is 17.9. The summed E-state index contributed by atoms with van der Waals surface area (Å²) in [5.41, 5.74) is 2.32. The number of aromatic hydroxyl groups is 1. The maximum absolute atomic E-state index is 9.85. The van der Waals surface area contributed by atoms with Crippen molar-refractivity contribution in [1.82, 2.24) is 4.90 Å². The summed E-state index contributed by atoms with van der Waals surface area (Å²) >= 11 is 0. The van der Waals surface area contributed by atoms with Gasteiger partial charge in [-0.3, -0.25) is 0 Å². The van der Waals surface area contributed by atoms with Gasteiger partial charge < -0.3 is 14.7 Å². The molecular weight excluding hydrogens is 326 g/mol. The van der Waals surface area contributed by atoms with E-state index in [9.17, 15) is 10.4 Å². The van der Waals surface area contributed by atoms with Crippen molar-refractivity contribution in [2.45, 2.75) is 18.8 Å². The van der Waals surface area contributed by atoms with Gasteiger partial charge in [0.15, 0.2) is 0 Å². The highest BCUT2D eigenvalue weighted by Crippen LogP contribution is 2.44. The number of nitriles is 1. The van der Waals surface area contributed by atoms with Gasteiger partial charge in [0.25, 0.3) is 0 Å². The molecule has 2 aromatic carbocycles. The third kappa shape index (κ3) is 3.02. The molecule has 1 saturated heterocycles. The number of ether oxygens (including phenoxy) is 1. The number of hydrogen-bond donors (Lipinski definition) is 1. The van der Waals surface area contributed by atoms with E-state index in [1.807, 2.05) is 30.3 Å². The van der Waals surface area contributed by atoms with Crippen LogP contribution in [0.3, 0.4) is 0 Å². The Morgan fingerprint density at radius 3 is 2.65 bits per heavy atom. The normalized spacial score (nSPS) is 19.3. The van der Waals surface area contributed by atoms with Crippen LogP contribution in [0.15, 0.2) is 65.0 Å². The SMILES string of the molecule is N#CC1=C(N=CN2CCCC2)Oc2cc(O)ccc2[C@@H]1c1ccccc1. The summed E-state index contributed by atoms with van der Waals surface area (Å²) in [6.45, 7) is 1.94. The molecule has 2 aliphatic heterocycles. The van der Waals surface area contributed by atoms with E-state index < -0.39 is 0 Å². The summed E-state index contributed by atoms with van der Waals surface area (Å²) in [6, 6.07) is 17.1. The van der Waals surface area contributed by atoms with E-state index in [-0.39, 0.29) is 11.7 Å². The van der Waals surface area contributed by atoms with Gasteiger partial charge in [-0.2, -0.15) is 5.26 Å². The first-order chi connectivity index (χ1) is 12.8. The largest absolute Gasteiger partial charge is 0.508 e. The Hall–Kier alpha value is -3.26. The van der Waals surface area contributed by atoms with E-state index in [2.05, 4.69) is 16.0 Å². The number of nitrogens with zero attached hydrogens (tertiary/aromatic N) is 3. The Labute approximate surface area is 152 Å². The molecule has 1 N–H and O–H groups in total. The van der Waals surface area contributed by atoms with Crippen LogP contribution in [0.5, 0.6) is 11.5 Å². The molecule has 0 amide bonds. The number of rotatable bonds is 3. The molecule has 0 spiro atoms. The maximum atomic E-state index is 9.85. The van der Waals surface area contributed by atoms with Gasteiger partial charge in [-0.25, -0.2) is 4.99 Å². The number of fused-ring (bicyclic) bond motifs is 1.